The summed E-state index contributed by atoms with van der Waals surface area (Å²) in [6.45, 7) is 4.78. The van der Waals surface area contributed by atoms with Gasteiger partial charge in [0.2, 0.25) is 5.43 Å². The van der Waals surface area contributed by atoms with Crippen LogP contribution in [-0.2, 0) is 6.54 Å². The summed E-state index contributed by atoms with van der Waals surface area (Å²) < 4.78 is 28.5. The molecule has 2 bridgehead atoms. The lowest BCUT2D eigenvalue weighted by Crippen LogP contribution is -2.53. The molecule has 1 unspecified atom stereocenters. The van der Waals surface area contributed by atoms with E-state index < -0.39 is 57.8 Å². The highest BCUT2D eigenvalue weighted by Gasteiger charge is 2.51. The fourth-order valence-electron chi connectivity index (χ4n) is 5.27. The van der Waals surface area contributed by atoms with Crippen molar-refractivity contribution in [1.29, 1.82) is 0 Å². The maximum atomic E-state index is 14.0. The minimum absolute atomic E-state index is 0.0185. The van der Waals surface area contributed by atoms with Gasteiger partial charge in [-0.25, -0.2) is 8.78 Å². The van der Waals surface area contributed by atoms with Gasteiger partial charge in [0.05, 0.1) is 11.8 Å². The number of aromatic nitrogens is 1. The van der Waals surface area contributed by atoms with Gasteiger partial charge in [-0.05, 0) is 32.8 Å². The number of hydrogen-bond donors (Lipinski definition) is 4. The van der Waals surface area contributed by atoms with Crippen molar-refractivity contribution < 1.29 is 33.8 Å². The number of pyridine rings is 1. The van der Waals surface area contributed by atoms with Crippen molar-refractivity contribution in [3.05, 3.63) is 63.1 Å². The largest absolute Gasteiger partial charge is 0.503 e. The number of halogens is 2. The van der Waals surface area contributed by atoms with Gasteiger partial charge in [-0.15, -0.1) is 0 Å². The fourth-order valence-corrected chi connectivity index (χ4v) is 5.27. The smallest absolute Gasteiger partial charge is 0.274 e. The summed E-state index contributed by atoms with van der Waals surface area (Å²) in [6.07, 6.45) is 0.801. The Balaban J connectivity index is 1.79. The number of nitrogens with one attached hydrogen (secondary N) is 1. The zero-order valence-electron chi connectivity index (χ0n) is 20.5. The molecular formula is C25H28F2N4O6. The monoisotopic (exact) mass is 518 g/mol. The predicted molar refractivity (Wildman–Crippen MR) is 128 cm³/mol. The van der Waals surface area contributed by atoms with E-state index in [-0.39, 0.29) is 36.1 Å². The molecule has 4 rings (SSSR count). The van der Waals surface area contributed by atoms with Crippen molar-refractivity contribution in [2.45, 2.75) is 58.3 Å². The first kappa shape index (κ1) is 26.3. The average Bonchev–Trinajstić information content (AvgIpc) is 2.98. The zero-order valence-corrected chi connectivity index (χ0v) is 20.5. The number of aliphatic hydroxyl groups is 1. The molecule has 3 heterocycles. The lowest BCUT2D eigenvalue weighted by Gasteiger charge is -2.45. The number of rotatable bonds is 5. The second-order valence-corrected chi connectivity index (χ2v) is 9.91. The summed E-state index contributed by atoms with van der Waals surface area (Å²) in [5, 5.41) is 36.7. The van der Waals surface area contributed by atoms with Crippen LogP contribution in [0, 0.1) is 17.0 Å². The van der Waals surface area contributed by atoms with Gasteiger partial charge in [0, 0.05) is 42.4 Å². The van der Waals surface area contributed by atoms with Gasteiger partial charge in [0.15, 0.2) is 11.4 Å². The van der Waals surface area contributed by atoms with E-state index in [1.54, 1.807) is 6.92 Å². The highest BCUT2D eigenvalue weighted by atomic mass is 19.1. The third-order valence-electron chi connectivity index (χ3n) is 7.65. The van der Waals surface area contributed by atoms with Crippen LogP contribution in [0.15, 0.2) is 34.3 Å². The van der Waals surface area contributed by atoms with Crippen LogP contribution < -0.4 is 10.7 Å². The Labute approximate surface area is 210 Å². The van der Waals surface area contributed by atoms with Crippen molar-refractivity contribution >= 4 is 17.5 Å². The Morgan fingerprint density at radius 1 is 1.32 bits per heavy atom. The molecule has 4 N–H and O–H groups in total. The number of nitrogens with zero attached hydrogens (tertiary/aromatic N) is 3. The minimum Gasteiger partial charge on any atom is -0.503 e. The summed E-state index contributed by atoms with van der Waals surface area (Å²) in [5.74, 6) is -4.11. The lowest BCUT2D eigenvalue weighted by molar-refractivity contribution is 0.0198. The number of benzene rings is 1. The van der Waals surface area contributed by atoms with E-state index in [4.69, 9.17) is 0 Å². The molecule has 2 amide bonds. The molecule has 2 aliphatic rings. The molecule has 0 aliphatic carbocycles. The van der Waals surface area contributed by atoms with Gasteiger partial charge in [-0.2, -0.15) is 0 Å². The summed E-state index contributed by atoms with van der Waals surface area (Å²) in [7, 11) is 0. The van der Waals surface area contributed by atoms with Crippen molar-refractivity contribution in [3.8, 4) is 5.75 Å². The van der Waals surface area contributed by atoms with Crippen LogP contribution >= 0.6 is 0 Å². The Morgan fingerprint density at radius 3 is 2.68 bits per heavy atom. The second-order valence-electron chi connectivity index (χ2n) is 9.91. The number of aromatic hydroxyl groups is 1. The maximum absolute atomic E-state index is 14.0. The number of fused-ring (bicyclic) bond motifs is 4. The number of hydrogen-bond acceptors (Lipinski definition) is 7. The van der Waals surface area contributed by atoms with Crippen molar-refractivity contribution in [2.75, 3.05) is 6.54 Å². The number of carbonyl (C=O) groups excluding carboxylic acids is 2. The number of oxime groups is 1. The van der Waals surface area contributed by atoms with Gasteiger partial charge >= 0.3 is 0 Å². The molecule has 0 spiro atoms. The molecule has 1 saturated heterocycles. The van der Waals surface area contributed by atoms with E-state index in [9.17, 15) is 38.6 Å². The van der Waals surface area contributed by atoms with Gasteiger partial charge in [0.25, 0.3) is 11.8 Å². The predicted octanol–water partition coefficient (Wildman–Crippen LogP) is 2.16. The maximum Gasteiger partial charge on any atom is 0.274 e. The summed E-state index contributed by atoms with van der Waals surface area (Å²) in [4.78, 5) is 40.7. The van der Waals surface area contributed by atoms with Crippen molar-refractivity contribution in [1.82, 2.24) is 14.8 Å². The highest BCUT2D eigenvalue weighted by molar-refractivity contribution is 5.99. The van der Waals surface area contributed by atoms with Crippen molar-refractivity contribution in [3.63, 3.8) is 0 Å². The van der Waals surface area contributed by atoms with E-state index in [1.807, 2.05) is 6.92 Å². The topological polar surface area (TPSA) is 144 Å². The zero-order chi connectivity index (χ0) is 27.2. The molecule has 4 atom stereocenters. The standard InChI is InChI=1S/C25H28F2N4O6/c1-12-6-7-25(3,22(34)13(2)29-37)18-11-30(12)24(36)19-21(33)20(32)16(10-31(18)19)23(35)28-9-14-4-5-15(26)8-17(14)27/h4-5,8,10,12,18,22,33-34,37H,6-7,9,11H2,1-3H3,(H,28,35)/b29-13-/t12?,18-,22+,25+/m1/s1. The Morgan fingerprint density at radius 2 is 2.03 bits per heavy atom. The molecule has 12 heteroatoms. The van der Waals surface area contributed by atoms with E-state index >= 15 is 0 Å². The van der Waals surface area contributed by atoms with Gasteiger partial charge in [-0.1, -0.05) is 18.1 Å². The summed E-state index contributed by atoms with van der Waals surface area (Å²) in [6, 6.07) is 1.87. The van der Waals surface area contributed by atoms with Crippen LogP contribution in [0.3, 0.4) is 0 Å². The third kappa shape index (κ3) is 4.35. The molecule has 1 fully saturated rings. The average molecular weight is 519 g/mol. The molecule has 198 valence electrons. The first-order valence-corrected chi connectivity index (χ1v) is 11.8. The van der Waals surface area contributed by atoms with Gasteiger partial charge < -0.3 is 30.2 Å². The van der Waals surface area contributed by atoms with Crippen molar-refractivity contribution in [2.24, 2.45) is 10.6 Å². The normalized spacial score (nSPS) is 24.3. The van der Waals surface area contributed by atoms with Crippen LogP contribution in [0.5, 0.6) is 5.75 Å². The number of amides is 2. The van der Waals surface area contributed by atoms with E-state index in [0.29, 0.717) is 18.9 Å². The second kappa shape index (κ2) is 9.58. The van der Waals surface area contributed by atoms with Crippen LogP contribution in [0.25, 0.3) is 0 Å². The molecule has 0 radical (unpaired) electrons. The molecule has 10 nitrogen and oxygen atoms in total. The van der Waals surface area contributed by atoms with E-state index in [0.717, 1.165) is 18.3 Å². The Kier molecular flexibility index (Phi) is 6.80. The van der Waals surface area contributed by atoms with Crippen LogP contribution in [0.1, 0.15) is 66.1 Å². The Bertz CT molecular complexity index is 1360. The summed E-state index contributed by atoms with van der Waals surface area (Å²) in [5.41, 5.74) is -2.87. The number of carbonyl (C=O) groups is 2. The molecule has 2 aliphatic heterocycles. The lowest BCUT2D eigenvalue weighted by atomic mass is 9.71. The number of aliphatic hydroxyl groups excluding tert-OH is 1. The summed E-state index contributed by atoms with van der Waals surface area (Å²) >= 11 is 0. The van der Waals surface area contributed by atoms with Crippen LogP contribution in [0.2, 0.25) is 0 Å². The molecular weight excluding hydrogens is 490 g/mol. The quantitative estimate of drug-likeness (QED) is 0.271. The molecule has 0 saturated carbocycles. The minimum atomic E-state index is -1.24. The van der Waals surface area contributed by atoms with Gasteiger partial charge in [0.1, 0.15) is 23.3 Å². The Hall–Kier alpha value is -3.80. The first-order chi connectivity index (χ1) is 17.4. The molecule has 37 heavy (non-hydrogen) atoms. The van der Waals surface area contributed by atoms with Crippen LogP contribution in [0.4, 0.5) is 8.78 Å². The SMILES string of the molecule is C/C(=N/O)[C@H](O)[C@@]1(C)CCC(C)N2C[C@H]1n1cc(C(=O)NCc3ccc(F)cc3F)c(=O)c(O)c1C2=O. The van der Waals surface area contributed by atoms with Crippen LogP contribution in [-0.4, -0.2) is 61.1 Å². The molecule has 2 aromatic rings. The van der Waals surface area contributed by atoms with Gasteiger partial charge in [-0.3, -0.25) is 14.4 Å². The molecule has 1 aromatic heterocycles. The molecule has 1 aromatic carbocycles. The first-order valence-electron chi connectivity index (χ1n) is 11.8. The van der Waals surface area contributed by atoms with E-state index in [1.165, 1.54) is 16.4 Å². The highest BCUT2D eigenvalue weighted by Crippen LogP contribution is 2.47. The third-order valence-corrected chi connectivity index (χ3v) is 7.65. The van der Waals surface area contributed by atoms with E-state index in [2.05, 4.69) is 10.5 Å². The fraction of sp³-hybridized carbons (Fsp3) is 0.440.